The number of benzene rings is 2. The summed E-state index contributed by atoms with van der Waals surface area (Å²) in [6.45, 7) is 4.79. The third-order valence-electron chi connectivity index (χ3n) is 6.34. The molecule has 2 aromatic rings. The molecule has 39 heavy (non-hydrogen) atoms. The van der Waals surface area contributed by atoms with E-state index in [0.29, 0.717) is 18.4 Å². The monoisotopic (exact) mass is 539 g/mol. The Morgan fingerprint density at radius 2 is 1.74 bits per heavy atom. The van der Waals surface area contributed by atoms with E-state index < -0.39 is 41.6 Å². The van der Waals surface area contributed by atoms with Crippen molar-refractivity contribution in [3.05, 3.63) is 65.7 Å². The number of alkyl carbamates (subject to hydrolysis) is 1. The zero-order chi connectivity index (χ0) is 28.6. The van der Waals surface area contributed by atoms with E-state index in [1.807, 2.05) is 30.3 Å². The summed E-state index contributed by atoms with van der Waals surface area (Å²) in [5.41, 5.74) is 0.397. The van der Waals surface area contributed by atoms with Crippen LogP contribution in [-0.4, -0.2) is 65.2 Å². The highest BCUT2D eigenvalue weighted by atomic mass is 16.6. The fourth-order valence-electron chi connectivity index (χ4n) is 4.32. The second-order valence-corrected chi connectivity index (χ2v) is 10.5. The molecule has 0 heterocycles. The second kappa shape index (κ2) is 13.1. The molecule has 1 aliphatic rings. The van der Waals surface area contributed by atoms with Crippen molar-refractivity contribution in [2.24, 2.45) is 0 Å². The van der Waals surface area contributed by atoms with Crippen molar-refractivity contribution in [2.45, 2.75) is 70.2 Å². The molecule has 2 unspecified atom stereocenters. The van der Waals surface area contributed by atoms with Gasteiger partial charge in [-0.15, -0.1) is 0 Å². The van der Waals surface area contributed by atoms with Gasteiger partial charge in [0.05, 0.1) is 7.11 Å². The summed E-state index contributed by atoms with van der Waals surface area (Å²) < 4.78 is 10.1. The first-order valence-corrected chi connectivity index (χ1v) is 13.0. The van der Waals surface area contributed by atoms with Crippen LogP contribution in [0.1, 0.15) is 57.2 Å². The third kappa shape index (κ3) is 8.46. The first-order valence-electron chi connectivity index (χ1n) is 13.0. The molecule has 0 saturated heterocycles. The number of carbonyl (C=O) groups excluding carboxylic acids is 4. The van der Waals surface area contributed by atoms with E-state index in [2.05, 4.69) is 15.4 Å². The largest absolute Gasteiger partial charge is 0.508 e. The Bertz CT molecular complexity index is 1160. The summed E-state index contributed by atoms with van der Waals surface area (Å²) in [5, 5.41) is 15.4. The molecule has 1 fully saturated rings. The minimum absolute atomic E-state index is 0.0769. The number of hydrogen-bond donors (Lipinski definition) is 3. The van der Waals surface area contributed by atoms with Crippen molar-refractivity contribution in [2.75, 3.05) is 13.7 Å². The van der Waals surface area contributed by atoms with Gasteiger partial charge < -0.3 is 30.1 Å². The number of rotatable bonds is 10. The van der Waals surface area contributed by atoms with Gasteiger partial charge in [-0.25, -0.2) is 4.79 Å². The molecule has 0 aliphatic heterocycles. The van der Waals surface area contributed by atoms with Crippen LogP contribution < -0.4 is 10.6 Å². The summed E-state index contributed by atoms with van der Waals surface area (Å²) in [6.07, 6.45) is 1.60. The van der Waals surface area contributed by atoms with Gasteiger partial charge in [0, 0.05) is 12.5 Å². The zero-order valence-electron chi connectivity index (χ0n) is 22.8. The Morgan fingerprint density at radius 1 is 1.05 bits per heavy atom. The topological polar surface area (TPSA) is 134 Å². The summed E-state index contributed by atoms with van der Waals surface area (Å²) in [7, 11) is 1.21. The summed E-state index contributed by atoms with van der Waals surface area (Å²) in [4.78, 5) is 53.9. The predicted molar refractivity (Wildman–Crippen MR) is 144 cm³/mol. The zero-order valence-corrected chi connectivity index (χ0v) is 22.8. The van der Waals surface area contributed by atoms with Gasteiger partial charge in [-0.1, -0.05) is 42.5 Å². The number of phenolic OH excluding ortho intramolecular Hbond substituents is 1. The van der Waals surface area contributed by atoms with E-state index in [1.54, 1.807) is 32.9 Å². The van der Waals surface area contributed by atoms with Crippen molar-refractivity contribution < 1.29 is 33.8 Å². The van der Waals surface area contributed by atoms with E-state index >= 15 is 0 Å². The van der Waals surface area contributed by atoms with Crippen LogP contribution in [0.2, 0.25) is 0 Å². The quantitative estimate of drug-likeness (QED) is 0.395. The summed E-state index contributed by atoms with van der Waals surface area (Å²) in [6, 6.07) is 12.8. The Balaban J connectivity index is 2.02. The van der Waals surface area contributed by atoms with Crippen LogP contribution in [0, 0.1) is 0 Å². The Kier molecular flexibility index (Phi) is 9.92. The lowest BCUT2D eigenvalue weighted by Gasteiger charge is -2.43. The van der Waals surface area contributed by atoms with Crippen molar-refractivity contribution in [3.8, 4) is 5.75 Å². The lowest BCUT2D eigenvalue weighted by molar-refractivity contribution is -0.148. The van der Waals surface area contributed by atoms with Gasteiger partial charge in [-0.2, -0.15) is 0 Å². The van der Waals surface area contributed by atoms with Gasteiger partial charge in [-0.05, 0) is 63.3 Å². The lowest BCUT2D eigenvalue weighted by Crippen LogP contribution is -2.58. The fraction of sp³-hybridized carbons (Fsp3) is 0.448. The van der Waals surface area contributed by atoms with Crippen LogP contribution in [0.5, 0.6) is 5.75 Å². The minimum Gasteiger partial charge on any atom is -0.508 e. The Labute approximate surface area is 228 Å². The molecular formula is C29H37N3O7. The molecule has 1 aliphatic carbocycles. The van der Waals surface area contributed by atoms with E-state index in [0.717, 1.165) is 12.0 Å². The molecule has 3 rings (SSSR count). The molecule has 2 atom stereocenters. The Hall–Kier alpha value is -4.08. The maximum Gasteiger partial charge on any atom is 0.408 e. The van der Waals surface area contributed by atoms with Gasteiger partial charge in [-0.3, -0.25) is 14.4 Å². The van der Waals surface area contributed by atoms with Crippen LogP contribution in [0.25, 0.3) is 0 Å². The van der Waals surface area contributed by atoms with Crippen LogP contribution in [0.15, 0.2) is 54.6 Å². The SMILES string of the molecule is COC(=O)CNC(=O)C(c1cccc(O)c1)N(C(=O)C(Cc1ccccc1)NC(=O)OC(C)(C)C)C1CCC1. The molecule has 0 aromatic heterocycles. The van der Waals surface area contributed by atoms with Crippen LogP contribution in [0.3, 0.4) is 0 Å². The number of amides is 3. The van der Waals surface area contributed by atoms with Crippen molar-refractivity contribution >= 4 is 23.9 Å². The molecule has 2 aromatic carbocycles. The normalized spacial score (nSPS) is 14.8. The number of nitrogens with one attached hydrogen (secondary N) is 2. The highest BCUT2D eigenvalue weighted by Crippen LogP contribution is 2.34. The van der Waals surface area contributed by atoms with Gasteiger partial charge in [0.25, 0.3) is 0 Å². The smallest absolute Gasteiger partial charge is 0.408 e. The molecule has 10 heteroatoms. The fourth-order valence-corrected chi connectivity index (χ4v) is 4.32. The minimum atomic E-state index is -1.17. The van der Waals surface area contributed by atoms with Gasteiger partial charge in [0.2, 0.25) is 11.8 Å². The highest BCUT2D eigenvalue weighted by molar-refractivity contribution is 5.93. The standard InChI is InChI=1S/C29H37N3O7/c1-29(2,3)39-28(37)31-23(16-19-10-6-5-7-11-19)27(36)32(21-13-9-14-21)25(20-12-8-15-22(33)17-20)26(35)30-18-24(34)38-4/h5-8,10-12,15,17,21,23,25,33H,9,13-14,16,18H2,1-4H3,(H,30,35)(H,31,37). The summed E-state index contributed by atoms with van der Waals surface area (Å²) in [5.74, 6) is -1.81. The molecule has 0 bridgehead atoms. The second-order valence-electron chi connectivity index (χ2n) is 10.5. The molecule has 3 amide bonds. The van der Waals surface area contributed by atoms with E-state index in [-0.39, 0.29) is 24.8 Å². The molecule has 3 N–H and O–H groups in total. The average molecular weight is 540 g/mol. The molecule has 210 valence electrons. The predicted octanol–water partition coefficient (Wildman–Crippen LogP) is 3.24. The number of nitrogens with zero attached hydrogens (tertiary/aromatic N) is 1. The maximum absolute atomic E-state index is 14.3. The number of methoxy groups -OCH3 is 1. The average Bonchev–Trinajstić information content (AvgIpc) is 2.84. The first-order chi connectivity index (χ1) is 18.5. The third-order valence-corrected chi connectivity index (χ3v) is 6.34. The van der Waals surface area contributed by atoms with Gasteiger partial charge >= 0.3 is 12.1 Å². The molecule has 0 radical (unpaired) electrons. The van der Waals surface area contributed by atoms with Gasteiger partial charge in [0.15, 0.2) is 0 Å². The van der Waals surface area contributed by atoms with E-state index in [1.165, 1.54) is 24.1 Å². The lowest BCUT2D eigenvalue weighted by atomic mass is 9.87. The number of hydrogen-bond acceptors (Lipinski definition) is 7. The van der Waals surface area contributed by atoms with Crippen molar-refractivity contribution in [3.63, 3.8) is 0 Å². The van der Waals surface area contributed by atoms with Crippen LogP contribution in [0.4, 0.5) is 4.79 Å². The maximum atomic E-state index is 14.3. The van der Waals surface area contributed by atoms with Crippen molar-refractivity contribution in [1.29, 1.82) is 0 Å². The number of aromatic hydroxyl groups is 1. The number of phenols is 1. The highest BCUT2D eigenvalue weighted by Gasteiger charge is 2.42. The van der Waals surface area contributed by atoms with Crippen LogP contribution in [-0.2, 0) is 30.3 Å². The molecule has 0 spiro atoms. The molecule has 1 saturated carbocycles. The number of esters is 1. The molecule has 10 nitrogen and oxygen atoms in total. The Morgan fingerprint density at radius 3 is 2.31 bits per heavy atom. The van der Waals surface area contributed by atoms with E-state index in [4.69, 9.17) is 4.74 Å². The van der Waals surface area contributed by atoms with Crippen LogP contribution >= 0.6 is 0 Å². The van der Waals surface area contributed by atoms with Gasteiger partial charge in [0.1, 0.15) is 30.0 Å². The van der Waals surface area contributed by atoms with E-state index in [9.17, 15) is 24.3 Å². The number of ether oxygens (including phenoxy) is 2. The van der Waals surface area contributed by atoms with Crippen molar-refractivity contribution in [1.82, 2.24) is 15.5 Å². The molecular weight excluding hydrogens is 502 g/mol. The first kappa shape index (κ1) is 29.5. The number of carbonyl (C=O) groups is 4. The summed E-state index contributed by atoms with van der Waals surface area (Å²) >= 11 is 0.